The molecule has 5 nitrogen and oxygen atoms in total. The van der Waals surface area contributed by atoms with Gasteiger partial charge in [-0.3, -0.25) is 19.3 Å². The molecule has 1 aliphatic heterocycles. The van der Waals surface area contributed by atoms with Crippen LogP contribution in [0.3, 0.4) is 0 Å². The minimum atomic E-state index is -0.352. The van der Waals surface area contributed by atoms with Crippen LogP contribution in [-0.4, -0.2) is 24.7 Å². The molecule has 1 atom stereocenters. The number of carbonyl (C=O) groups is 2. The lowest BCUT2D eigenvalue weighted by atomic mass is 10.1. The number of hydrogen-bond donors (Lipinski definition) is 1. The van der Waals surface area contributed by atoms with Crippen molar-refractivity contribution in [1.29, 1.82) is 0 Å². The Bertz CT molecular complexity index is 810. The van der Waals surface area contributed by atoms with Crippen LogP contribution in [0.4, 0.5) is 10.1 Å². The van der Waals surface area contributed by atoms with Gasteiger partial charge in [0.25, 0.3) is 5.91 Å². The summed E-state index contributed by atoms with van der Waals surface area (Å²) in [6, 6.07) is 11.3. The molecule has 0 saturated carbocycles. The fourth-order valence-electron chi connectivity index (χ4n) is 2.78. The summed E-state index contributed by atoms with van der Waals surface area (Å²) in [4.78, 5) is 30.6. The molecule has 1 N–H and O–H groups in total. The Labute approximate surface area is 149 Å². The number of nitrogens with one attached hydrogen (secondary N) is 1. The van der Waals surface area contributed by atoms with Crippen molar-refractivity contribution in [2.24, 2.45) is 0 Å². The predicted octanol–water partition coefficient (Wildman–Crippen LogP) is 3.20. The van der Waals surface area contributed by atoms with E-state index < -0.39 is 0 Å². The number of benzene rings is 2. The third-order valence-corrected chi connectivity index (χ3v) is 5.15. The summed E-state index contributed by atoms with van der Waals surface area (Å²) in [5, 5.41) is -0.217. The van der Waals surface area contributed by atoms with Gasteiger partial charge in [0, 0.05) is 11.3 Å². The van der Waals surface area contributed by atoms with E-state index in [-0.39, 0.29) is 23.0 Å². The van der Waals surface area contributed by atoms with Crippen molar-refractivity contribution < 1.29 is 18.8 Å². The van der Waals surface area contributed by atoms with E-state index in [4.69, 9.17) is 0 Å². The minimum Gasteiger partial charge on any atom is -0.295 e. The van der Waals surface area contributed by atoms with Gasteiger partial charge in [0.05, 0.1) is 12.9 Å². The first-order chi connectivity index (χ1) is 12.0. The zero-order chi connectivity index (χ0) is 18.0. The summed E-state index contributed by atoms with van der Waals surface area (Å²) >= 11 is 1.49. The van der Waals surface area contributed by atoms with Gasteiger partial charge in [-0.05, 0) is 48.4 Å². The quantitative estimate of drug-likeness (QED) is 0.851. The molecule has 1 fully saturated rings. The summed E-state index contributed by atoms with van der Waals surface area (Å²) in [6.07, 6.45) is 0. The molecular formula is C18H17FN2O3S. The molecule has 1 aliphatic rings. The zero-order valence-corrected chi connectivity index (χ0v) is 14.6. The standard InChI is InChI=1S/C18H17FN2O3S/c1-11-9-13(17(23)20-24-2)5-8-15(11)21-16(22)10-25-18(21)12-3-6-14(19)7-4-12/h3-9,18H,10H2,1-2H3,(H,20,23). The summed E-state index contributed by atoms with van der Waals surface area (Å²) in [5.41, 5.74) is 5.10. The van der Waals surface area contributed by atoms with E-state index in [1.165, 1.54) is 31.0 Å². The van der Waals surface area contributed by atoms with Crippen molar-refractivity contribution in [2.45, 2.75) is 12.3 Å². The predicted molar refractivity (Wildman–Crippen MR) is 94.7 cm³/mol. The van der Waals surface area contributed by atoms with Gasteiger partial charge in [0.15, 0.2) is 0 Å². The summed E-state index contributed by atoms with van der Waals surface area (Å²) in [7, 11) is 1.37. The Hall–Kier alpha value is -2.38. The second kappa shape index (κ2) is 7.25. The molecule has 1 heterocycles. The number of amides is 2. The van der Waals surface area contributed by atoms with Crippen LogP contribution < -0.4 is 10.4 Å². The summed E-state index contributed by atoms with van der Waals surface area (Å²) in [5.74, 6) is -0.326. The van der Waals surface area contributed by atoms with Gasteiger partial charge in [-0.15, -0.1) is 11.8 Å². The molecule has 1 saturated heterocycles. The van der Waals surface area contributed by atoms with Gasteiger partial charge >= 0.3 is 0 Å². The third-order valence-electron chi connectivity index (χ3n) is 3.94. The molecule has 3 rings (SSSR count). The fraction of sp³-hybridized carbons (Fsp3) is 0.222. The van der Waals surface area contributed by atoms with Crippen molar-refractivity contribution >= 4 is 29.3 Å². The number of anilines is 1. The van der Waals surface area contributed by atoms with E-state index in [2.05, 4.69) is 10.3 Å². The lowest BCUT2D eigenvalue weighted by molar-refractivity contribution is -0.115. The van der Waals surface area contributed by atoms with Crippen LogP contribution in [0.2, 0.25) is 0 Å². The lowest BCUT2D eigenvalue weighted by Crippen LogP contribution is -2.29. The number of thioether (sulfide) groups is 1. The summed E-state index contributed by atoms with van der Waals surface area (Å²) in [6.45, 7) is 1.84. The van der Waals surface area contributed by atoms with E-state index in [0.717, 1.165) is 16.8 Å². The number of aryl methyl sites for hydroxylation is 1. The maximum atomic E-state index is 13.2. The SMILES string of the molecule is CONC(=O)c1ccc(N2C(=O)CSC2c2ccc(F)cc2)c(C)c1. The van der Waals surface area contributed by atoms with Gasteiger partial charge in [0.2, 0.25) is 5.91 Å². The van der Waals surface area contributed by atoms with Crippen molar-refractivity contribution in [2.75, 3.05) is 17.8 Å². The molecule has 0 radical (unpaired) electrons. The van der Waals surface area contributed by atoms with E-state index >= 15 is 0 Å². The maximum Gasteiger partial charge on any atom is 0.274 e. The van der Waals surface area contributed by atoms with E-state index in [9.17, 15) is 14.0 Å². The van der Waals surface area contributed by atoms with Crippen LogP contribution in [0.15, 0.2) is 42.5 Å². The maximum absolute atomic E-state index is 13.2. The smallest absolute Gasteiger partial charge is 0.274 e. The Morgan fingerprint density at radius 2 is 2.00 bits per heavy atom. The first-order valence-corrected chi connectivity index (χ1v) is 8.69. The average molecular weight is 360 g/mol. The van der Waals surface area contributed by atoms with Crippen LogP contribution >= 0.6 is 11.8 Å². The van der Waals surface area contributed by atoms with E-state index in [1.54, 1.807) is 35.2 Å². The molecule has 0 bridgehead atoms. The molecule has 2 amide bonds. The normalized spacial score (nSPS) is 17.0. The topological polar surface area (TPSA) is 58.6 Å². The number of halogens is 1. The Morgan fingerprint density at radius 1 is 1.28 bits per heavy atom. The number of carbonyl (C=O) groups excluding carboxylic acids is 2. The van der Waals surface area contributed by atoms with Gasteiger partial charge < -0.3 is 0 Å². The average Bonchev–Trinajstić information content (AvgIpc) is 2.97. The third kappa shape index (κ3) is 3.52. The minimum absolute atomic E-state index is 0.0171. The Balaban J connectivity index is 1.94. The fourth-order valence-corrected chi connectivity index (χ4v) is 3.95. The van der Waals surface area contributed by atoms with Gasteiger partial charge in [0.1, 0.15) is 11.2 Å². The van der Waals surface area contributed by atoms with Crippen molar-refractivity contribution in [1.82, 2.24) is 5.48 Å². The van der Waals surface area contributed by atoms with Crippen LogP contribution in [0.25, 0.3) is 0 Å². The highest BCUT2D eigenvalue weighted by atomic mass is 32.2. The van der Waals surface area contributed by atoms with Crippen molar-refractivity contribution in [3.8, 4) is 0 Å². The van der Waals surface area contributed by atoms with E-state index in [1.807, 2.05) is 6.92 Å². The molecule has 7 heteroatoms. The number of hydrogen-bond acceptors (Lipinski definition) is 4. The van der Waals surface area contributed by atoms with Crippen molar-refractivity contribution in [3.63, 3.8) is 0 Å². The Morgan fingerprint density at radius 3 is 2.64 bits per heavy atom. The van der Waals surface area contributed by atoms with Gasteiger partial charge in [-0.25, -0.2) is 9.87 Å². The molecule has 0 spiro atoms. The highest BCUT2D eigenvalue weighted by Gasteiger charge is 2.34. The first kappa shape index (κ1) is 17.4. The Kier molecular flexibility index (Phi) is 5.06. The van der Waals surface area contributed by atoms with Crippen LogP contribution in [0, 0.1) is 12.7 Å². The molecule has 0 aromatic heterocycles. The van der Waals surface area contributed by atoms with E-state index in [0.29, 0.717) is 11.3 Å². The monoisotopic (exact) mass is 360 g/mol. The first-order valence-electron chi connectivity index (χ1n) is 7.64. The zero-order valence-electron chi connectivity index (χ0n) is 13.8. The second-order valence-corrected chi connectivity index (χ2v) is 6.68. The molecule has 2 aromatic carbocycles. The van der Waals surface area contributed by atoms with Crippen LogP contribution in [0.1, 0.15) is 26.9 Å². The highest BCUT2D eigenvalue weighted by Crippen LogP contribution is 2.42. The van der Waals surface area contributed by atoms with Gasteiger partial charge in [-0.2, -0.15) is 0 Å². The van der Waals surface area contributed by atoms with Crippen LogP contribution in [0.5, 0.6) is 0 Å². The summed E-state index contributed by atoms with van der Waals surface area (Å²) < 4.78 is 13.2. The molecular weight excluding hydrogens is 343 g/mol. The molecule has 2 aromatic rings. The van der Waals surface area contributed by atoms with Crippen molar-refractivity contribution in [3.05, 3.63) is 65.0 Å². The van der Waals surface area contributed by atoms with Gasteiger partial charge in [-0.1, -0.05) is 12.1 Å². The molecule has 130 valence electrons. The lowest BCUT2D eigenvalue weighted by Gasteiger charge is -2.26. The number of hydroxylamine groups is 1. The molecule has 0 aliphatic carbocycles. The number of rotatable bonds is 4. The molecule has 25 heavy (non-hydrogen) atoms. The molecule has 1 unspecified atom stereocenters. The number of nitrogens with zero attached hydrogens (tertiary/aromatic N) is 1. The second-order valence-electron chi connectivity index (χ2n) is 5.62. The van der Waals surface area contributed by atoms with Crippen LogP contribution in [-0.2, 0) is 9.63 Å². The largest absolute Gasteiger partial charge is 0.295 e. The highest BCUT2D eigenvalue weighted by molar-refractivity contribution is 8.00.